The molecule has 0 saturated heterocycles. The minimum absolute atomic E-state index is 1.23. The number of hydrogen-bond donors (Lipinski definition) is 0. The third-order valence-corrected chi connectivity index (χ3v) is 16.3. The topological polar surface area (TPSA) is 0 Å². The van der Waals surface area contributed by atoms with Gasteiger partial charge < -0.3 is 0 Å². The molecule has 0 spiro atoms. The SMILES string of the molecule is CCC[CH2][Sn]([C]#CF)([CH2]CCC)[CH2]CCC. The zero-order valence-corrected chi connectivity index (χ0v) is 14.1. The summed E-state index contributed by atoms with van der Waals surface area (Å²) in [6.07, 6.45) is 9.25. The maximum atomic E-state index is 12.5. The predicted octanol–water partition coefficient (Wildman–Crippen LogP) is 5.31. The van der Waals surface area contributed by atoms with Crippen LogP contribution >= 0.6 is 0 Å². The van der Waals surface area contributed by atoms with Gasteiger partial charge in [0.25, 0.3) is 0 Å². The zero-order valence-electron chi connectivity index (χ0n) is 11.2. The fourth-order valence-corrected chi connectivity index (χ4v) is 14.8. The number of unbranched alkanes of at least 4 members (excludes halogenated alkanes) is 3. The van der Waals surface area contributed by atoms with Crippen LogP contribution in [0.2, 0.25) is 13.3 Å². The summed E-state index contributed by atoms with van der Waals surface area (Å²) in [7, 11) is 0. The van der Waals surface area contributed by atoms with Crippen molar-refractivity contribution in [1.82, 2.24) is 0 Å². The fourth-order valence-electron chi connectivity index (χ4n) is 2.21. The summed E-state index contributed by atoms with van der Waals surface area (Å²) in [5.74, 6) is 0. The number of hydrogen-bond acceptors (Lipinski definition) is 0. The van der Waals surface area contributed by atoms with E-state index in [-0.39, 0.29) is 0 Å². The van der Waals surface area contributed by atoms with E-state index in [1.807, 2.05) is 0 Å². The Labute approximate surface area is 105 Å². The Morgan fingerprint density at radius 3 is 1.44 bits per heavy atom. The molecule has 0 aromatic carbocycles. The quantitative estimate of drug-likeness (QED) is 0.396. The zero-order chi connectivity index (χ0) is 12.3. The van der Waals surface area contributed by atoms with Gasteiger partial charge in [-0.3, -0.25) is 0 Å². The molecule has 0 N–H and O–H groups in total. The summed E-state index contributed by atoms with van der Waals surface area (Å²) in [4.78, 5) is 0. The van der Waals surface area contributed by atoms with Crippen molar-refractivity contribution < 1.29 is 4.39 Å². The molecule has 0 bridgehead atoms. The van der Waals surface area contributed by atoms with Crippen molar-refractivity contribution in [3.05, 3.63) is 0 Å². The Kier molecular flexibility index (Phi) is 10.6. The van der Waals surface area contributed by atoms with Gasteiger partial charge >= 0.3 is 105 Å². The molecule has 0 amide bonds. The second-order valence-corrected chi connectivity index (χ2v) is 17.1. The van der Waals surface area contributed by atoms with Crippen LogP contribution in [-0.4, -0.2) is 18.4 Å². The molecule has 0 nitrogen and oxygen atoms in total. The van der Waals surface area contributed by atoms with Gasteiger partial charge in [0.15, 0.2) is 0 Å². The molecule has 0 radical (unpaired) electrons. The van der Waals surface area contributed by atoms with Crippen molar-refractivity contribution in [2.24, 2.45) is 0 Å². The second-order valence-electron chi connectivity index (χ2n) is 4.81. The molecule has 0 fully saturated rings. The summed E-state index contributed by atoms with van der Waals surface area (Å²) in [6, 6.07) is 0. The molecule has 0 aliphatic carbocycles. The van der Waals surface area contributed by atoms with E-state index in [0.717, 1.165) is 0 Å². The Bertz CT molecular complexity index is 193. The van der Waals surface area contributed by atoms with Gasteiger partial charge in [-0.1, -0.05) is 0 Å². The van der Waals surface area contributed by atoms with Crippen LogP contribution in [0, 0.1) is 10.1 Å². The van der Waals surface area contributed by atoms with Gasteiger partial charge in [-0.25, -0.2) is 0 Å². The van der Waals surface area contributed by atoms with Crippen molar-refractivity contribution in [2.45, 2.75) is 72.6 Å². The van der Waals surface area contributed by atoms with Crippen molar-refractivity contribution in [3.8, 4) is 10.1 Å². The summed E-state index contributed by atoms with van der Waals surface area (Å²) < 4.78 is 19.4. The molecule has 0 saturated carbocycles. The van der Waals surface area contributed by atoms with E-state index in [0.29, 0.717) is 0 Å². The van der Waals surface area contributed by atoms with Crippen LogP contribution in [-0.2, 0) is 0 Å². The summed E-state index contributed by atoms with van der Waals surface area (Å²) in [5, 5.41) is 0. The van der Waals surface area contributed by atoms with E-state index in [9.17, 15) is 4.39 Å². The van der Waals surface area contributed by atoms with Crippen LogP contribution in [0.5, 0.6) is 0 Å². The van der Waals surface area contributed by atoms with Crippen LogP contribution < -0.4 is 0 Å². The summed E-state index contributed by atoms with van der Waals surface area (Å²) in [5.41, 5.74) is 0. The second kappa shape index (κ2) is 10.4. The van der Waals surface area contributed by atoms with Crippen LogP contribution in [0.3, 0.4) is 0 Å². The van der Waals surface area contributed by atoms with Gasteiger partial charge in [0, 0.05) is 0 Å². The average Bonchev–Trinajstić information content (AvgIpc) is 2.31. The Morgan fingerprint density at radius 2 is 1.19 bits per heavy atom. The standard InChI is InChI=1S/3C4H9.C2F.Sn/c3*1-3-4-2;1-2-3;/h3*1,3-4H2,2H3;;. The third kappa shape index (κ3) is 6.78. The molecular formula is C14H27FSn. The predicted molar refractivity (Wildman–Crippen MR) is 73.8 cm³/mol. The Hall–Kier alpha value is 0.289. The molecule has 0 atom stereocenters. The van der Waals surface area contributed by atoms with Gasteiger partial charge in [-0.15, -0.1) is 0 Å². The molecule has 0 aromatic heterocycles. The van der Waals surface area contributed by atoms with Crippen molar-refractivity contribution >= 4 is 18.4 Å². The molecule has 0 unspecified atom stereocenters. The van der Waals surface area contributed by atoms with E-state index < -0.39 is 18.4 Å². The van der Waals surface area contributed by atoms with Gasteiger partial charge in [0.1, 0.15) is 0 Å². The molecule has 0 aliphatic heterocycles. The summed E-state index contributed by atoms with van der Waals surface area (Å²) >= 11 is -2.40. The van der Waals surface area contributed by atoms with E-state index in [1.165, 1.54) is 51.8 Å². The molecular weight excluding hydrogens is 306 g/mol. The fraction of sp³-hybridized carbons (Fsp3) is 0.857. The van der Waals surface area contributed by atoms with Gasteiger partial charge in [0.05, 0.1) is 0 Å². The Balaban J connectivity index is 4.50. The van der Waals surface area contributed by atoms with Crippen LogP contribution in [0.25, 0.3) is 0 Å². The molecule has 0 aromatic rings. The first-order chi connectivity index (χ1) is 7.74. The van der Waals surface area contributed by atoms with Gasteiger partial charge in [-0.05, 0) is 0 Å². The van der Waals surface area contributed by atoms with Crippen molar-refractivity contribution in [2.75, 3.05) is 0 Å². The first-order valence-electron chi connectivity index (χ1n) is 6.87. The molecule has 0 aliphatic rings. The minimum atomic E-state index is -2.40. The molecule has 0 heterocycles. The third-order valence-electron chi connectivity index (χ3n) is 3.34. The van der Waals surface area contributed by atoms with Crippen LogP contribution in [0.4, 0.5) is 4.39 Å². The first kappa shape index (κ1) is 16.3. The average molecular weight is 333 g/mol. The molecule has 94 valence electrons. The van der Waals surface area contributed by atoms with Gasteiger partial charge in [0.2, 0.25) is 0 Å². The normalized spacial score (nSPS) is 11.0. The van der Waals surface area contributed by atoms with E-state index in [1.54, 1.807) is 6.17 Å². The van der Waals surface area contributed by atoms with Crippen molar-refractivity contribution in [1.29, 1.82) is 0 Å². The van der Waals surface area contributed by atoms with Gasteiger partial charge in [-0.2, -0.15) is 0 Å². The number of rotatable bonds is 9. The summed E-state index contributed by atoms with van der Waals surface area (Å²) in [6.45, 7) is 6.66. The van der Waals surface area contributed by atoms with E-state index in [2.05, 4.69) is 24.7 Å². The Morgan fingerprint density at radius 1 is 0.812 bits per heavy atom. The maximum absolute atomic E-state index is 12.5. The van der Waals surface area contributed by atoms with E-state index >= 15 is 0 Å². The van der Waals surface area contributed by atoms with Crippen molar-refractivity contribution in [3.63, 3.8) is 0 Å². The molecule has 2 heteroatoms. The molecule has 16 heavy (non-hydrogen) atoms. The van der Waals surface area contributed by atoms with Crippen LogP contribution in [0.1, 0.15) is 59.3 Å². The first-order valence-corrected chi connectivity index (χ1v) is 14.4. The monoisotopic (exact) mass is 334 g/mol. The molecule has 0 rings (SSSR count). The van der Waals surface area contributed by atoms with Crippen LogP contribution in [0.15, 0.2) is 0 Å². The number of halogens is 1. The van der Waals surface area contributed by atoms with E-state index in [4.69, 9.17) is 0 Å².